The lowest BCUT2D eigenvalue weighted by Crippen LogP contribution is -2.49. The topological polar surface area (TPSA) is 50.8 Å². The van der Waals surface area contributed by atoms with Gasteiger partial charge in [-0.15, -0.1) is 0 Å². The van der Waals surface area contributed by atoms with Crippen LogP contribution in [0.4, 0.5) is 18.0 Å². The number of morpholine rings is 1. The van der Waals surface area contributed by atoms with E-state index in [-0.39, 0.29) is 12.6 Å². The van der Waals surface area contributed by atoms with Crippen molar-refractivity contribution in [1.29, 1.82) is 0 Å². The molecule has 1 aliphatic heterocycles. The summed E-state index contributed by atoms with van der Waals surface area (Å²) in [7, 11) is 0. The molecule has 1 unspecified atom stereocenters. The van der Waals surface area contributed by atoms with Gasteiger partial charge in [-0.25, -0.2) is 4.79 Å². The quantitative estimate of drug-likeness (QED) is 0.815. The summed E-state index contributed by atoms with van der Waals surface area (Å²) in [6.45, 7) is 5.62. The number of rotatable bonds is 6. The van der Waals surface area contributed by atoms with Crippen LogP contribution in [-0.4, -0.2) is 62.7 Å². The molecule has 1 rings (SSSR count). The predicted octanol–water partition coefficient (Wildman–Crippen LogP) is 2.02. The summed E-state index contributed by atoms with van der Waals surface area (Å²) < 4.78 is 45.3. The zero-order chi connectivity index (χ0) is 15.9. The minimum absolute atomic E-state index is 0.0762. The number of ether oxygens (including phenoxy) is 2. The zero-order valence-corrected chi connectivity index (χ0v) is 12.4. The van der Waals surface area contributed by atoms with Crippen LogP contribution in [0, 0.1) is 5.92 Å². The van der Waals surface area contributed by atoms with Gasteiger partial charge in [-0.3, -0.25) is 4.90 Å². The fraction of sp³-hybridized carbons (Fsp3) is 0.923. The predicted molar refractivity (Wildman–Crippen MR) is 71.0 cm³/mol. The molecule has 21 heavy (non-hydrogen) atoms. The van der Waals surface area contributed by atoms with E-state index in [2.05, 4.69) is 28.8 Å². The third-order valence-electron chi connectivity index (χ3n) is 3.15. The number of alkyl carbamates (subject to hydrolysis) is 1. The first-order valence-electron chi connectivity index (χ1n) is 7.07. The number of carbonyl (C=O) groups is 1. The van der Waals surface area contributed by atoms with Crippen LogP contribution in [0.5, 0.6) is 0 Å². The Hall–Kier alpha value is -1.02. The maximum atomic E-state index is 12.0. The van der Waals surface area contributed by atoms with Crippen LogP contribution in [0.15, 0.2) is 0 Å². The summed E-state index contributed by atoms with van der Waals surface area (Å²) in [5, 5.41) is 2.41. The smallest absolute Gasteiger partial charge is 0.422 e. The maximum absolute atomic E-state index is 12.0. The van der Waals surface area contributed by atoms with E-state index in [9.17, 15) is 18.0 Å². The van der Waals surface area contributed by atoms with Crippen LogP contribution in [0.2, 0.25) is 0 Å². The van der Waals surface area contributed by atoms with E-state index in [0.717, 1.165) is 19.5 Å². The minimum atomic E-state index is -4.50. The molecule has 124 valence electrons. The number of amides is 1. The molecule has 5 nitrogen and oxygen atoms in total. The molecule has 1 heterocycles. The third-order valence-corrected chi connectivity index (χ3v) is 3.15. The largest absolute Gasteiger partial charge is 0.440 e. The molecule has 0 aromatic heterocycles. The van der Waals surface area contributed by atoms with E-state index in [1.54, 1.807) is 0 Å². The first kappa shape index (κ1) is 18.0. The van der Waals surface area contributed by atoms with E-state index in [1.165, 1.54) is 0 Å². The molecule has 1 aliphatic rings. The van der Waals surface area contributed by atoms with Gasteiger partial charge in [-0.05, 0) is 12.3 Å². The van der Waals surface area contributed by atoms with Crippen LogP contribution < -0.4 is 5.32 Å². The molecule has 0 aromatic rings. The average molecular weight is 312 g/mol. The fourth-order valence-electron chi connectivity index (χ4n) is 2.25. The van der Waals surface area contributed by atoms with Gasteiger partial charge >= 0.3 is 12.3 Å². The van der Waals surface area contributed by atoms with Gasteiger partial charge in [-0.2, -0.15) is 13.2 Å². The molecule has 8 heteroatoms. The van der Waals surface area contributed by atoms with E-state index >= 15 is 0 Å². The lowest BCUT2D eigenvalue weighted by atomic mass is 10.0. The van der Waals surface area contributed by atoms with Gasteiger partial charge in [0, 0.05) is 25.7 Å². The molecule has 0 bridgehead atoms. The summed E-state index contributed by atoms with van der Waals surface area (Å²) in [5.74, 6) is 0.422. The van der Waals surface area contributed by atoms with Crippen molar-refractivity contribution in [3.63, 3.8) is 0 Å². The second-order valence-electron chi connectivity index (χ2n) is 5.50. The van der Waals surface area contributed by atoms with E-state index < -0.39 is 18.9 Å². The zero-order valence-electron chi connectivity index (χ0n) is 12.4. The van der Waals surface area contributed by atoms with Gasteiger partial charge < -0.3 is 14.8 Å². The number of alkyl halides is 3. The Morgan fingerprint density at radius 3 is 2.48 bits per heavy atom. The standard InChI is InChI=1S/C13H23F3N2O3/c1-10(2)7-11(18-3-5-20-6-4-18)8-17-12(19)21-9-13(14,15)16/h10-11H,3-9H2,1-2H3,(H,17,19). The Balaban J connectivity index is 2.39. The SMILES string of the molecule is CC(C)CC(CNC(=O)OCC(F)(F)F)N1CCOCC1. The van der Waals surface area contributed by atoms with Gasteiger partial charge in [0.25, 0.3) is 0 Å². The van der Waals surface area contributed by atoms with E-state index in [1.807, 2.05) is 0 Å². The Labute approximate surface area is 122 Å². The Kier molecular flexibility index (Phi) is 7.24. The third kappa shape index (κ3) is 8.11. The number of hydrogen-bond donors (Lipinski definition) is 1. The summed E-state index contributed by atoms with van der Waals surface area (Å²) >= 11 is 0. The molecule has 1 atom stereocenters. The van der Waals surface area contributed by atoms with Crippen molar-refractivity contribution in [2.75, 3.05) is 39.5 Å². The number of carbonyl (C=O) groups excluding carboxylic acids is 1. The summed E-state index contributed by atoms with van der Waals surface area (Å²) in [6.07, 6.45) is -4.69. The van der Waals surface area contributed by atoms with Crippen molar-refractivity contribution in [3.8, 4) is 0 Å². The molecular formula is C13H23F3N2O3. The molecule has 1 fully saturated rings. The molecule has 0 aliphatic carbocycles. The van der Waals surface area contributed by atoms with Crippen molar-refractivity contribution in [3.05, 3.63) is 0 Å². The van der Waals surface area contributed by atoms with E-state index in [4.69, 9.17) is 4.74 Å². The molecule has 0 saturated carbocycles. The van der Waals surface area contributed by atoms with Crippen LogP contribution >= 0.6 is 0 Å². The minimum Gasteiger partial charge on any atom is -0.440 e. The Bertz CT molecular complexity index is 318. The lowest BCUT2D eigenvalue weighted by Gasteiger charge is -2.35. The Morgan fingerprint density at radius 1 is 1.33 bits per heavy atom. The van der Waals surface area contributed by atoms with Crippen molar-refractivity contribution in [2.24, 2.45) is 5.92 Å². The van der Waals surface area contributed by atoms with E-state index in [0.29, 0.717) is 19.1 Å². The van der Waals surface area contributed by atoms with Crippen molar-refractivity contribution >= 4 is 6.09 Å². The Morgan fingerprint density at radius 2 is 1.95 bits per heavy atom. The number of halogens is 3. The van der Waals surface area contributed by atoms with Gasteiger partial charge in [0.1, 0.15) is 0 Å². The number of nitrogens with one attached hydrogen (secondary N) is 1. The van der Waals surface area contributed by atoms with Crippen molar-refractivity contribution < 1.29 is 27.4 Å². The highest BCUT2D eigenvalue weighted by Gasteiger charge is 2.30. The van der Waals surface area contributed by atoms with Crippen molar-refractivity contribution in [1.82, 2.24) is 10.2 Å². The summed E-state index contributed by atoms with van der Waals surface area (Å²) in [6, 6.07) is 0.0762. The van der Waals surface area contributed by atoms with Crippen LogP contribution in [0.1, 0.15) is 20.3 Å². The summed E-state index contributed by atoms with van der Waals surface area (Å²) in [5.41, 5.74) is 0. The second kappa shape index (κ2) is 8.43. The molecular weight excluding hydrogens is 289 g/mol. The first-order chi connectivity index (χ1) is 9.78. The average Bonchev–Trinajstić information content (AvgIpc) is 2.41. The number of nitrogens with zero attached hydrogens (tertiary/aromatic N) is 1. The molecule has 1 N–H and O–H groups in total. The van der Waals surface area contributed by atoms with Crippen LogP contribution in [0.3, 0.4) is 0 Å². The highest BCUT2D eigenvalue weighted by atomic mass is 19.4. The van der Waals surface area contributed by atoms with Crippen LogP contribution in [-0.2, 0) is 9.47 Å². The van der Waals surface area contributed by atoms with Crippen molar-refractivity contribution in [2.45, 2.75) is 32.5 Å². The fourth-order valence-corrected chi connectivity index (χ4v) is 2.25. The monoisotopic (exact) mass is 312 g/mol. The molecule has 0 radical (unpaired) electrons. The molecule has 1 amide bonds. The van der Waals surface area contributed by atoms with Crippen LogP contribution in [0.25, 0.3) is 0 Å². The normalized spacial score (nSPS) is 18.6. The van der Waals surface area contributed by atoms with Gasteiger partial charge in [0.2, 0.25) is 0 Å². The molecule has 0 aromatic carbocycles. The number of hydrogen-bond acceptors (Lipinski definition) is 4. The molecule has 1 saturated heterocycles. The van der Waals surface area contributed by atoms with Gasteiger partial charge in [0.05, 0.1) is 13.2 Å². The lowest BCUT2D eigenvalue weighted by molar-refractivity contribution is -0.160. The molecule has 0 spiro atoms. The summed E-state index contributed by atoms with van der Waals surface area (Å²) in [4.78, 5) is 13.5. The highest BCUT2D eigenvalue weighted by Crippen LogP contribution is 2.15. The van der Waals surface area contributed by atoms with Gasteiger partial charge in [-0.1, -0.05) is 13.8 Å². The maximum Gasteiger partial charge on any atom is 0.422 e. The van der Waals surface area contributed by atoms with Gasteiger partial charge in [0.15, 0.2) is 6.61 Å². The second-order valence-corrected chi connectivity index (χ2v) is 5.50. The highest BCUT2D eigenvalue weighted by molar-refractivity contribution is 5.67. The first-order valence-corrected chi connectivity index (χ1v) is 7.07.